The largest absolute Gasteiger partial charge is 0.492 e. The van der Waals surface area contributed by atoms with Crippen LogP contribution >= 0.6 is 0 Å². The number of hydrogen-bond acceptors (Lipinski definition) is 4. The lowest BCUT2D eigenvalue weighted by molar-refractivity contribution is -0.115. The van der Waals surface area contributed by atoms with Gasteiger partial charge in [-0.2, -0.15) is 0 Å². The van der Waals surface area contributed by atoms with Crippen LogP contribution < -0.4 is 15.8 Å². The predicted molar refractivity (Wildman–Crippen MR) is 77.9 cm³/mol. The number of fused-ring (bicyclic) bond motifs is 1. The standard InChI is InChI=1S/C15H21N3O2/c16-12-3-5-18(6-4-12)7-8-20-13-1-2-14-11(9-13)10-15(19)17-14/h1-2,9,12H,3-8,10,16H2,(H,17,19). The Hall–Kier alpha value is -1.59. The summed E-state index contributed by atoms with van der Waals surface area (Å²) in [5.74, 6) is 0.899. The molecule has 5 nitrogen and oxygen atoms in total. The van der Waals surface area contributed by atoms with Crippen LogP contribution in [0.1, 0.15) is 18.4 Å². The molecule has 0 bridgehead atoms. The Morgan fingerprint density at radius 2 is 2.15 bits per heavy atom. The molecular weight excluding hydrogens is 254 g/mol. The van der Waals surface area contributed by atoms with Gasteiger partial charge in [-0.05, 0) is 49.7 Å². The van der Waals surface area contributed by atoms with E-state index in [1.54, 1.807) is 0 Å². The molecule has 2 aliphatic heterocycles. The fraction of sp³-hybridized carbons (Fsp3) is 0.533. The number of benzene rings is 1. The summed E-state index contributed by atoms with van der Waals surface area (Å²) in [6, 6.07) is 6.15. The van der Waals surface area contributed by atoms with E-state index in [4.69, 9.17) is 10.5 Å². The van der Waals surface area contributed by atoms with Gasteiger partial charge in [0.25, 0.3) is 0 Å². The van der Waals surface area contributed by atoms with E-state index in [2.05, 4.69) is 10.2 Å². The Balaban J connectivity index is 1.47. The Bertz CT molecular complexity index is 496. The van der Waals surface area contributed by atoms with E-state index in [0.717, 1.165) is 49.5 Å². The zero-order chi connectivity index (χ0) is 13.9. The smallest absolute Gasteiger partial charge is 0.228 e. The second kappa shape index (κ2) is 5.81. The Morgan fingerprint density at radius 1 is 1.35 bits per heavy atom. The molecule has 1 saturated heterocycles. The van der Waals surface area contributed by atoms with Crippen molar-refractivity contribution in [1.82, 2.24) is 4.90 Å². The van der Waals surface area contributed by atoms with Crippen LogP contribution in [0, 0.1) is 0 Å². The number of hydrogen-bond donors (Lipinski definition) is 2. The van der Waals surface area contributed by atoms with Crippen molar-refractivity contribution in [2.45, 2.75) is 25.3 Å². The number of carbonyl (C=O) groups excluding carboxylic acids is 1. The third kappa shape index (κ3) is 3.11. The first-order valence-corrected chi connectivity index (χ1v) is 7.24. The van der Waals surface area contributed by atoms with Crippen molar-refractivity contribution in [3.63, 3.8) is 0 Å². The summed E-state index contributed by atoms with van der Waals surface area (Å²) >= 11 is 0. The lowest BCUT2D eigenvalue weighted by Crippen LogP contribution is -2.41. The van der Waals surface area contributed by atoms with E-state index in [1.807, 2.05) is 18.2 Å². The Labute approximate surface area is 119 Å². The third-order valence-corrected chi connectivity index (χ3v) is 4.01. The van der Waals surface area contributed by atoms with Crippen LogP contribution in [0.3, 0.4) is 0 Å². The summed E-state index contributed by atoms with van der Waals surface area (Å²) < 4.78 is 5.78. The molecule has 0 aliphatic carbocycles. The minimum Gasteiger partial charge on any atom is -0.492 e. The molecule has 0 saturated carbocycles. The Kier molecular flexibility index (Phi) is 3.89. The third-order valence-electron chi connectivity index (χ3n) is 4.01. The number of likely N-dealkylation sites (tertiary alicyclic amines) is 1. The average Bonchev–Trinajstić information content (AvgIpc) is 2.80. The first-order valence-electron chi connectivity index (χ1n) is 7.24. The lowest BCUT2D eigenvalue weighted by atomic mass is 10.1. The normalized spacial score (nSPS) is 19.8. The molecule has 2 aliphatic rings. The summed E-state index contributed by atoms with van der Waals surface area (Å²) in [5.41, 5.74) is 7.82. The predicted octanol–water partition coefficient (Wildman–Crippen LogP) is 0.983. The van der Waals surface area contributed by atoms with E-state index >= 15 is 0 Å². The van der Waals surface area contributed by atoms with Gasteiger partial charge in [-0.1, -0.05) is 0 Å². The van der Waals surface area contributed by atoms with Crippen molar-refractivity contribution in [3.8, 4) is 5.75 Å². The highest BCUT2D eigenvalue weighted by Crippen LogP contribution is 2.27. The van der Waals surface area contributed by atoms with Crippen molar-refractivity contribution >= 4 is 11.6 Å². The van der Waals surface area contributed by atoms with Gasteiger partial charge < -0.3 is 15.8 Å². The summed E-state index contributed by atoms with van der Waals surface area (Å²) in [6.45, 7) is 3.73. The van der Waals surface area contributed by atoms with Crippen LogP contribution in [0.25, 0.3) is 0 Å². The van der Waals surface area contributed by atoms with Crippen molar-refractivity contribution in [1.29, 1.82) is 0 Å². The molecular formula is C15H21N3O2. The fourth-order valence-electron chi connectivity index (χ4n) is 2.76. The average molecular weight is 275 g/mol. The minimum absolute atomic E-state index is 0.0572. The topological polar surface area (TPSA) is 67.6 Å². The number of amides is 1. The summed E-state index contributed by atoms with van der Waals surface area (Å²) in [7, 11) is 0. The second-order valence-electron chi connectivity index (χ2n) is 5.57. The highest BCUT2D eigenvalue weighted by Gasteiger charge is 2.18. The van der Waals surface area contributed by atoms with E-state index in [9.17, 15) is 4.79 Å². The second-order valence-corrected chi connectivity index (χ2v) is 5.57. The van der Waals surface area contributed by atoms with Gasteiger partial charge in [0, 0.05) is 18.3 Å². The molecule has 5 heteroatoms. The van der Waals surface area contributed by atoms with Crippen molar-refractivity contribution in [2.24, 2.45) is 5.73 Å². The molecule has 0 aromatic heterocycles. The van der Waals surface area contributed by atoms with Gasteiger partial charge in [0.2, 0.25) is 5.91 Å². The monoisotopic (exact) mass is 275 g/mol. The van der Waals surface area contributed by atoms with Gasteiger partial charge in [-0.15, -0.1) is 0 Å². The van der Waals surface area contributed by atoms with Crippen LogP contribution in [0.2, 0.25) is 0 Å². The number of carbonyl (C=O) groups is 1. The first-order chi connectivity index (χ1) is 9.70. The SMILES string of the molecule is NC1CCN(CCOc2ccc3c(c2)CC(=O)N3)CC1. The molecule has 0 atom stereocenters. The first kappa shape index (κ1) is 13.4. The quantitative estimate of drug-likeness (QED) is 0.859. The zero-order valence-electron chi connectivity index (χ0n) is 11.6. The van der Waals surface area contributed by atoms with Crippen molar-refractivity contribution in [3.05, 3.63) is 23.8 Å². The molecule has 1 aromatic rings. The van der Waals surface area contributed by atoms with Gasteiger partial charge in [0.15, 0.2) is 0 Å². The molecule has 0 spiro atoms. The number of rotatable bonds is 4. The molecule has 0 radical (unpaired) electrons. The van der Waals surface area contributed by atoms with E-state index in [0.29, 0.717) is 19.1 Å². The number of nitrogens with zero attached hydrogens (tertiary/aromatic N) is 1. The van der Waals surface area contributed by atoms with Crippen LogP contribution in [0.4, 0.5) is 5.69 Å². The maximum Gasteiger partial charge on any atom is 0.228 e. The van der Waals surface area contributed by atoms with Crippen LogP contribution in [0.5, 0.6) is 5.75 Å². The summed E-state index contributed by atoms with van der Waals surface area (Å²) in [4.78, 5) is 13.7. The molecule has 0 unspecified atom stereocenters. The van der Waals surface area contributed by atoms with Crippen LogP contribution in [-0.4, -0.2) is 43.1 Å². The molecule has 3 rings (SSSR count). The molecule has 108 valence electrons. The van der Waals surface area contributed by atoms with Crippen molar-refractivity contribution < 1.29 is 9.53 Å². The maximum absolute atomic E-state index is 11.3. The van der Waals surface area contributed by atoms with Gasteiger partial charge in [-0.25, -0.2) is 0 Å². The van der Waals surface area contributed by atoms with Crippen LogP contribution in [0.15, 0.2) is 18.2 Å². The molecule has 20 heavy (non-hydrogen) atoms. The number of anilines is 1. The number of nitrogens with one attached hydrogen (secondary N) is 1. The minimum atomic E-state index is 0.0572. The molecule has 1 aromatic carbocycles. The van der Waals surface area contributed by atoms with Gasteiger partial charge in [-0.3, -0.25) is 9.69 Å². The fourth-order valence-corrected chi connectivity index (χ4v) is 2.76. The zero-order valence-corrected chi connectivity index (χ0v) is 11.6. The van der Waals surface area contributed by atoms with Gasteiger partial charge in [0.1, 0.15) is 12.4 Å². The number of ether oxygens (including phenoxy) is 1. The number of nitrogens with two attached hydrogens (primary N) is 1. The van der Waals surface area contributed by atoms with E-state index < -0.39 is 0 Å². The van der Waals surface area contributed by atoms with Gasteiger partial charge in [0.05, 0.1) is 6.42 Å². The summed E-state index contributed by atoms with van der Waals surface area (Å²) in [6.07, 6.45) is 2.61. The van der Waals surface area contributed by atoms with E-state index in [1.165, 1.54) is 0 Å². The van der Waals surface area contributed by atoms with Crippen molar-refractivity contribution in [2.75, 3.05) is 31.6 Å². The number of piperidine rings is 1. The molecule has 1 amide bonds. The van der Waals surface area contributed by atoms with Crippen LogP contribution in [-0.2, 0) is 11.2 Å². The molecule has 1 fully saturated rings. The maximum atomic E-state index is 11.3. The molecule has 3 N–H and O–H groups in total. The highest BCUT2D eigenvalue weighted by molar-refractivity contribution is 5.99. The summed E-state index contributed by atoms with van der Waals surface area (Å²) in [5, 5.41) is 2.82. The Morgan fingerprint density at radius 3 is 2.95 bits per heavy atom. The van der Waals surface area contributed by atoms with Gasteiger partial charge >= 0.3 is 0 Å². The lowest BCUT2D eigenvalue weighted by Gasteiger charge is -2.29. The highest BCUT2D eigenvalue weighted by atomic mass is 16.5. The molecule has 2 heterocycles. The van der Waals surface area contributed by atoms with E-state index in [-0.39, 0.29) is 5.91 Å².